The maximum atomic E-state index is 2.51. The zero-order chi connectivity index (χ0) is 14.6. The van der Waals surface area contributed by atoms with Crippen molar-refractivity contribution in [3.63, 3.8) is 0 Å². The predicted octanol–water partition coefficient (Wildman–Crippen LogP) is 4.89. The molecule has 0 aliphatic rings. The molecule has 2 nitrogen and oxygen atoms in total. The first-order chi connectivity index (χ1) is 9.83. The second-order valence-electron chi connectivity index (χ2n) is 5.97. The van der Waals surface area contributed by atoms with E-state index in [1.807, 2.05) is 0 Å². The number of aryl methyl sites for hydroxylation is 2. The number of imidazole rings is 1. The first-order valence-electron chi connectivity index (χ1n) is 8.90. The van der Waals surface area contributed by atoms with Crippen LogP contribution in [0.2, 0.25) is 0 Å². The maximum Gasteiger partial charge on any atom is 0.256 e. The van der Waals surface area contributed by atoms with Gasteiger partial charge in [0.2, 0.25) is 0 Å². The Kier molecular flexibility index (Phi) is 9.44. The number of hydrogen-bond donors (Lipinski definition) is 0. The quantitative estimate of drug-likeness (QED) is 0.380. The van der Waals surface area contributed by atoms with Crippen molar-refractivity contribution in [3.05, 3.63) is 18.2 Å². The molecule has 0 radical (unpaired) electrons. The number of aromatic nitrogens is 2. The number of nitrogens with zero attached hydrogens (tertiary/aromatic N) is 2. The molecule has 2 heteroatoms. The summed E-state index contributed by atoms with van der Waals surface area (Å²) in [7, 11) is 0. The first-order valence-corrected chi connectivity index (χ1v) is 8.90. The van der Waals surface area contributed by atoms with Gasteiger partial charge < -0.3 is 0 Å². The zero-order valence-electron chi connectivity index (χ0n) is 14.0. The molecule has 1 aromatic heterocycles. The van der Waals surface area contributed by atoms with Crippen LogP contribution in [0.15, 0.2) is 12.4 Å². The van der Waals surface area contributed by atoms with Crippen LogP contribution in [-0.2, 0) is 19.5 Å². The molecule has 0 fully saturated rings. The lowest BCUT2D eigenvalue weighted by molar-refractivity contribution is -0.704. The van der Waals surface area contributed by atoms with Gasteiger partial charge in [0.25, 0.3) is 5.82 Å². The summed E-state index contributed by atoms with van der Waals surface area (Å²) in [5.74, 6) is 1.56. The van der Waals surface area contributed by atoms with Gasteiger partial charge in [-0.15, -0.1) is 0 Å². The molecule has 0 bridgehead atoms. The summed E-state index contributed by atoms with van der Waals surface area (Å²) >= 11 is 0. The highest BCUT2D eigenvalue weighted by Gasteiger charge is 2.15. The second kappa shape index (κ2) is 10.9. The molecule has 1 rings (SSSR count). The Morgan fingerprint density at radius 3 is 2.25 bits per heavy atom. The number of hydrogen-bond acceptors (Lipinski definition) is 0. The van der Waals surface area contributed by atoms with Crippen molar-refractivity contribution in [2.75, 3.05) is 0 Å². The number of unbranched alkanes of at least 4 members (excludes halogenated alkanes) is 6. The van der Waals surface area contributed by atoms with Crippen molar-refractivity contribution < 1.29 is 4.57 Å². The Hall–Kier alpha value is -0.790. The molecule has 0 aliphatic heterocycles. The van der Waals surface area contributed by atoms with Crippen molar-refractivity contribution in [2.45, 2.75) is 98.1 Å². The van der Waals surface area contributed by atoms with Crippen molar-refractivity contribution >= 4 is 0 Å². The summed E-state index contributed by atoms with van der Waals surface area (Å²) in [6.07, 6.45) is 17.8. The van der Waals surface area contributed by atoms with Crippen molar-refractivity contribution in [3.8, 4) is 0 Å². The minimum atomic E-state index is 1.19. The van der Waals surface area contributed by atoms with Crippen LogP contribution in [0, 0.1) is 0 Å². The highest BCUT2D eigenvalue weighted by atomic mass is 15.1. The van der Waals surface area contributed by atoms with Gasteiger partial charge >= 0.3 is 0 Å². The smallest absolute Gasteiger partial charge is 0.234 e. The molecule has 0 unspecified atom stereocenters. The van der Waals surface area contributed by atoms with E-state index in [0.29, 0.717) is 0 Å². The molecule has 0 saturated carbocycles. The fraction of sp³-hybridized carbons (Fsp3) is 0.833. The molecule has 0 spiro atoms. The van der Waals surface area contributed by atoms with Gasteiger partial charge in [-0.2, -0.15) is 0 Å². The van der Waals surface area contributed by atoms with Gasteiger partial charge in [-0.05, 0) is 25.7 Å². The fourth-order valence-electron chi connectivity index (χ4n) is 2.76. The van der Waals surface area contributed by atoms with Crippen LogP contribution in [0.4, 0.5) is 0 Å². The summed E-state index contributed by atoms with van der Waals surface area (Å²) < 4.78 is 5.01. The minimum Gasteiger partial charge on any atom is -0.234 e. The summed E-state index contributed by atoms with van der Waals surface area (Å²) in [6, 6.07) is 0. The molecular formula is C18H35N2+. The molecule has 0 aromatic carbocycles. The van der Waals surface area contributed by atoms with Crippen LogP contribution in [0.25, 0.3) is 0 Å². The fourth-order valence-corrected chi connectivity index (χ4v) is 2.76. The average Bonchev–Trinajstić information content (AvgIpc) is 2.84. The van der Waals surface area contributed by atoms with E-state index in [1.165, 1.54) is 77.3 Å². The van der Waals surface area contributed by atoms with Crippen LogP contribution in [0.1, 0.15) is 84.4 Å². The van der Waals surface area contributed by atoms with Gasteiger partial charge in [-0.25, -0.2) is 9.13 Å². The van der Waals surface area contributed by atoms with E-state index < -0.39 is 0 Å². The van der Waals surface area contributed by atoms with Crippen LogP contribution >= 0.6 is 0 Å². The Bertz CT molecular complexity index is 341. The predicted molar refractivity (Wildman–Crippen MR) is 86.9 cm³/mol. The summed E-state index contributed by atoms with van der Waals surface area (Å²) in [4.78, 5) is 0. The lowest BCUT2D eigenvalue weighted by Gasteiger charge is -2.05. The lowest BCUT2D eigenvalue weighted by Crippen LogP contribution is -2.37. The normalized spacial score (nSPS) is 11.2. The van der Waals surface area contributed by atoms with E-state index in [0.717, 1.165) is 0 Å². The van der Waals surface area contributed by atoms with Gasteiger partial charge in [0.1, 0.15) is 12.4 Å². The Labute approximate surface area is 126 Å². The van der Waals surface area contributed by atoms with Crippen LogP contribution in [0.3, 0.4) is 0 Å². The Morgan fingerprint density at radius 2 is 1.55 bits per heavy atom. The Balaban J connectivity index is 2.58. The van der Waals surface area contributed by atoms with Crippen LogP contribution in [0.5, 0.6) is 0 Å². The van der Waals surface area contributed by atoms with Gasteiger partial charge in [0.05, 0.1) is 13.1 Å². The molecule has 20 heavy (non-hydrogen) atoms. The van der Waals surface area contributed by atoms with E-state index in [4.69, 9.17) is 0 Å². The first kappa shape index (κ1) is 17.3. The van der Waals surface area contributed by atoms with E-state index >= 15 is 0 Å². The molecule has 1 heterocycles. The second-order valence-corrected chi connectivity index (χ2v) is 5.97. The van der Waals surface area contributed by atoms with Crippen LogP contribution in [-0.4, -0.2) is 4.57 Å². The van der Waals surface area contributed by atoms with Gasteiger partial charge in [0.15, 0.2) is 0 Å². The van der Waals surface area contributed by atoms with E-state index in [1.54, 1.807) is 5.82 Å². The zero-order valence-corrected chi connectivity index (χ0v) is 14.0. The minimum absolute atomic E-state index is 1.19. The molecule has 1 aromatic rings. The summed E-state index contributed by atoms with van der Waals surface area (Å²) in [5.41, 5.74) is 0. The Morgan fingerprint density at radius 1 is 0.850 bits per heavy atom. The average molecular weight is 279 g/mol. The van der Waals surface area contributed by atoms with Crippen molar-refractivity contribution in [2.24, 2.45) is 0 Å². The van der Waals surface area contributed by atoms with E-state index in [2.05, 4.69) is 42.3 Å². The monoisotopic (exact) mass is 279 g/mol. The molecular weight excluding hydrogens is 244 g/mol. The van der Waals surface area contributed by atoms with E-state index in [9.17, 15) is 0 Å². The molecule has 0 amide bonds. The highest BCUT2D eigenvalue weighted by Crippen LogP contribution is 2.07. The van der Waals surface area contributed by atoms with Crippen molar-refractivity contribution in [1.82, 2.24) is 4.57 Å². The summed E-state index contributed by atoms with van der Waals surface area (Å²) in [5, 5.41) is 0. The van der Waals surface area contributed by atoms with Gasteiger partial charge in [-0.1, -0.05) is 52.9 Å². The van der Waals surface area contributed by atoms with Crippen molar-refractivity contribution in [1.29, 1.82) is 0 Å². The largest absolute Gasteiger partial charge is 0.256 e. The maximum absolute atomic E-state index is 2.51. The van der Waals surface area contributed by atoms with Gasteiger partial charge in [-0.3, -0.25) is 0 Å². The lowest BCUT2D eigenvalue weighted by atomic mass is 10.2. The highest BCUT2D eigenvalue weighted by molar-refractivity contribution is 4.84. The molecule has 0 saturated heterocycles. The molecule has 0 N–H and O–H groups in total. The molecule has 0 atom stereocenters. The summed E-state index contributed by atoms with van der Waals surface area (Å²) in [6.45, 7) is 9.25. The standard InChI is InChI=1S/C18H35N2/c1-4-7-10-12-15-20-17-16-19(14-9-6-3)18(20)13-11-8-5-2/h16-17H,4-15H2,1-3H3/q+1. The molecule has 116 valence electrons. The third kappa shape index (κ3) is 6.11. The topological polar surface area (TPSA) is 8.81 Å². The van der Waals surface area contributed by atoms with Crippen LogP contribution < -0.4 is 4.57 Å². The number of rotatable bonds is 12. The third-order valence-electron chi connectivity index (χ3n) is 4.10. The van der Waals surface area contributed by atoms with E-state index in [-0.39, 0.29) is 0 Å². The molecule has 0 aliphatic carbocycles. The van der Waals surface area contributed by atoms with Gasteiger partial charge in [0, 0.05) is 6.42 Å². The SMILES string of the molecule is CCCCCC[n+]1ccn(CCCC)c1CCCCC. The third-order valence-corrected chi connectivity index (χ3v) is 4.10.